The van der Waals surface area contributed by atoms with Crippen molar-refractivity contribution in [3.63, 3.8) is 0 Å². The molecule has 1 aromatic heterocycles. The van der Waals surface area contributed by atoms with Crippen LogP contribution in [0.25, 0.3) is 0 Å². The Kier molecular flexibility index (Phi) is 10.6. The third kappa shape index (κ3) is 7.89. The van der Waals surface area contributed by atoms with Crippen molar-refractivity contribution in [3.05, 3.63) is 119 Å². The van der Waals surface area contributed by atoms with Gasteiger partial charge < -0.3 is 16.0 Å². The summed E-state index contributed by atoms with van der Waals surface area (Å²) < 4.78 is 85.6. The lowest BCUT2D eigenvalue weighted by Crippen LogP contribution is -2.63. The second-order valence-corrected chi connectivity index (χ2v) is 13.8. The predicted molar refractivity (Wildman–Crippen MR) is 172 cm³/mol. The van der Waals surface area contributed by atoms with Crippen molar-refractivity contribution < 1.29 is 35.6 Å². The van der Waals surface area contributed by atoms with Crippen LogP contribution in [0.5, 0.6) is 0 Å². The fraction of sp³-hybridized carbons (Fsp3) is 0.265. The van der Waals surface area contributed by atoms with Crippen LogP contribution in [0.15, 0.2) is 84.0 Å². The van der Waals surface area contributed by atoms with Gasteiger partial charge in [-0.1, -0.05) is 18.2 Å². The minimum absolute atomic E-state index is 0.00225. The molecular weight excluding hydrogens is 650 g/mol. The lowest BCUT2D eigenvalue weighted by molar-refractivity contribution is -0.116. The number of rotatable bonds is 11. The van der Waals surface area contributed by atoms with Crippen LogP contribution in [-0.2, 0) is 25.8 Å². The van der Waals surface area contributed by atoms with Crippen LogP contribution in [0, 0.1) is 23.3 Å². The number of nitrogens with zero attached hydrogens (tertiary/aromatic N) is 1. The zero-order valence-corrected chi connectivity index (χ0v) is 26.6. The molecule has 2 amide bonds. The van der Waals surface area contributed by atoms with Crippen molar-refractivity contribution in [1.29, 1.82) is 0 Å². The molecule has 1 fully saturated rings. The van der Waals surface area contributed by atoms with E-state index in [9.17, 15) is 31.2 Å². The molecule has 0 bridgehead atoms. The highest BCUT2D eigenvalue weighted by atomic mass is 32.2. The van der Waals surface area contributed by atoms with Crippen molar-refractivity contribution in [3.8, 4) is 0 Å². The van der Waals surface area contributed by atoms with Gasteiger partial charge in [0, 0.05) is 56.2 Å². The van der Waals surface area contributed by atoms with Gasteiger partial charge in [0.15, 0.2) is 9.84 Å². The number of aromatic nitrogens is 1. The van der Waals surface area contributed by atoms with E-state index >= 15 is 4.39 Å². The number of hydrogen-bond acceptors (Lipinski definition) is 7. The first-order chi connectivity index (χ1) is 22.9. The average Bonchev–Trinajstić information content (AvgIpc) is 3.03. The standard InChI is InChI=1S/C34H33F4N5O4S/c1-21(44)42-27-3-2-4-28(16-27)48(46,47)34(20-39-11-12-41-34)10-9-29-31(38)18-40-19-32(29)43-33(45)17-30(22-5-7-24(35)8-6-22)23-13-25(36)15-26(37)14-23/h2-8,13-16,18-19,30,39,41H,9-12,17,20H2,1H3,(H,42,44)(H,43,45)/t30-,34-/m0/s1. The summed E-state index contributed by atoms with van der Waals surface area (Å²) in [5, 5.41) is 11.4. The zero-order valence-electron chi connectivity index (χ0n) is 25.8. The number of carbonyl (C=O) groups excluding carboxylic acids is 2. The van der Waals surface area contributed by atoms with Gasteiger partial charge in [0.05, 0.1) is 23.0 Å². The van der Waals surface area contributed by atoms with Crippen molar-refractivity contribution in [2.24, 2.45) is 0 Å². The summed E-state index contributed by atoms with van der Waals surface area (Å²) in [6.07, 6.45) is 1.58. The Labute approximate surface area is 275 Å². The summed E-state index contributed by atoms with van der Waals surface area (Å²) in [4.78, 5) is 27.2. The van der Waals surface area contributed by atoms with Crippen LogP contribution < -0.4 is 21.3 Å². The Morgan fingerprint density at radius 2 is 1.62 bits per heavy atom. The highest BCUT2D eigenvalue weighted by Gasteiger charge is 2.45. The van der Waals surface area contributed by atoms with E-state index in [1.165, 1.54) is 55.6 Å². The van der Waals surface area contributed by atoms with Crippen LogP contribution >= 0.6 is 0 Å². The molecule has 9 nitrogen and oxygen atoms in total. The molecule has 0 unspecified atom stereocenters. The van der Waals surface area contributed by atoms with Gasteiger partial charge in [-0.3, -0.25) is 19.9 Å². The topological polar surface area (TPSA) is 129 Å². The average molecular weight is 684 g/mol. The summed E-state index contributed by atoms with van der Waals surface area (Å²) in [5.74, 6) is -4.94. The van der Waals surface area contributed by atoms with Gasteiger partial charge in [0.25, 0.3) is 0 Å². The first-order valence-electron chi connectivity index (χ1n) is 15.1. The molecule has 0 radical (unpaired) electrons. The van der Waals surface area contributed by atoms with Gasteiger partial charge in [-0.25, -0.2) is 26.0 Å². The Morgan fingerprint density at radius 1 is 0.896 bits per heavy atom. The maximum absolute atomic E-state index is 15.3. The number of halogens is 4. The highest BCUT2D eigenvalue weighted by Crippen LogP contribution is 2.33. The Hall–Kier alpha value is -4.66. The monoisotopic (exact) mass is 683 g/mol. The van der Waals surface area contributed by atoms with E-state index in [2.05, 4.69) is 26.3 Å². The van der Waals surface area contributed by atoms with Crippen LogP contribution in [0.3, 0.4) is 0 Å². The summed E-state index contributed by atoms with van der Waals surface area (Å²) in [6.45, 7) is 2.10. The summed E-state index contributed by atoms with van der Waals surface area (Å²) in [6, 6.07) is 13.8. The molecule has 3 aromatic carbocycles. The van der Waals surface area contributed by atoms with Gasteiger partial charge in [-0.05, 0) is 66.4 Å². The first-order valence-corrected chi connectivity index (χ1v) is 16.6. The molecule has 1 aliphatic rings. The van der Waals surface area contributed by atoms with Crippen molar-refractivity contribution in [2.75, 3.05) is 30.3 Å². The van der Waals surface area contributed by atoms with Gasteiger partial charge >= 0.3 is 0 Å². The molecule has 5 rings (SSSR count). The quantitative estimate of drug-likeness (QED) is 0.163. The molecule has 252 valence electrons. The minimum atomic E-state index is -4.13. The number of sulfone groups is 1. The van der Waals surface area contributed by atoms with E-state index in [0.29, 0.717) is 30.4 Å². The van der Waals surface area contributed by atoms with Crippen LogP contribution in [0.2, 0.25) is 0 Å². The fourth-order valence-electron chi connectivity index (χ4n) is 5.84. The van der Waals surface area contributed by atoms with E-state index in [0.717, 1.165) is 18.3 Å². The first kappa shape index (κ1) is 34.7. The molecule has 0 spiro atoms. The van der Waals surface area contributed by atoms with Gasteiger partial charge in [-0.15, -0.1) is 0 Å². The lowest BCUT2D eigenvalue weighted by Gasteiger charge is -2.38. The number of carbonyl (C=O) groups is 2. The third-order valence-electron chi connectivity index (χ3n) is 8.15. The molecule has 2 heterocycles. The van der Waals surface area contributed by atoms with E-state index in [4.69, 9.17) is 0 Å². The number of benzene rings is 3. The second-order valence-electron chi connectivity index (χ2n) is 11.5. The molecule has 48 heavy (non-hydrogen) atoms. The summed E-state index contributed by atoms with van der Waals surface area (Å²) in [7, 11) is -4.13. The van der Waals surface area contributed by atoms with E-state index in [1.807, 2.05) is 0 Å². The van der Waals surface area contributed by atoms with Gasteiger partial charge in [0.1, 0.15) is 28.1 Å². The normalized spacial score (nSPS) is 17.0. The van der Waals surface area contributed by atoms with Crippen LogP contribution in [-0.4, -0.2) is 49.7 Å². The van der Waals surface area contributed by atoms with Crippen LogP contribution in [0.1, 0.15) is 42.4 Å². The van der Waals surface area contributed by atoms with Gasteiger partial charge in [-0.2, -0.15) is 0 Å². The highest BCUT2D eigenvalue weighted by molar-refractivity contribution is 7.92. The molecule has 1 saturated heterocycles. The number of amides is 2. The maximum Gasteiger partial charge on any atom is 0.225 e. The van der Waals surface area contributed by atoms with E-state index < -0.39 is 49.8 Å². The number of nitrogens with one attached hydrogen (secondary N) is 4. The lowest BCUT2D eigenvalue weighted by atomic mass is 9.88. The zero-order chi connectivity index (χ0) is 34.5. The molecule has 2 atom stereocenters. The summed E-state index contributed by atoms with van der Waals surface area (Å²) >= 11 is 0. The molecule has 0 saturated carbocycles. The molecule has 1 aliphatic heterocycles. The number of hydrogen-bond donors (Lipinski definition) is 4. The van der Waals surface area contributed by atoms with Crippen molar-refractivity contribution >= 4 is 33.0 Å². The van der Waals surface area contributed by atoms with E-state index in [1.54, 1.807) is 6.07 Å². The molecule has 4 aromatic rings. The Balaban J connectivity index is 1.41. The number of anilines is 2. The molecular formula is C34H33F4N5O4S. The molecule has 0 aliphatic carbocycles. The minimum Gasteiger partial charge on any atom is -0.326 e. The van der Waals surface area contributed by atoms with Crippen LogP contribution in [0.4, 0.5) is 28.9 Å². The largest absolute Gasteiger partial charge is 0.326 e. The van der Waals surface area contributed by atoms with E-state index in [-0.39, 0.29) is 53.4 Å². The third-order valence-corrected chi connectivity index (χ3v) is 10.5. The Bertz CT molecular complexity index is 1900. The smallest absolute Gasteiger partial charge is 0.225 e. The van der Waals surface area contributed by atoms with Crippen molar-refractivity contribution in [1.82, 2.24) is 15.6 Å². The molecule has 4 N–H and O–H groups in total. The predicted octanol–water partition coefficient (Wildman–Crippen LogP) is 5.05. The van der Waals surface area contributed by atoms with Gasteiger partial charge in [0.2, 0.25) is 11.8 Å². The van der Waals surface area contributed by atoms with Crippen molar-refractivity contribution in [2.45, 2.75) is 41.9 Å². The molecule has 14 heteroatoms. The SMILES string of the molecule is CC(=O)Nc1cccc(S(=O)(=O)[C@@]2(CCc3c(F)cncc3NC(=O)C[C@@H](c3ccc(F)cc3)c3cc(F)cc(F)c3)CNCCN2)c1. The summed E-state index contributed by atoms with van der Waals surface area (Å²) in [5.41, 5.74) is 0.847. The maximum atomic E-state index is 15.3. The Morgan fingerprint density at radius 3 is 2.29 bits per heavy atom. The number of pyridine rings is 1. The second kappa shape index (κ2) is 14.6. The fourth-order valence-corrected chi connectivity index (χ4v) is 7.79. The number of piperazine rings is 1.